The van der Waals surface area contributed by atoms with Gasteiger partial charge in [0.05, 0.1) is 6.54 Å². The number of rotatable bonds is 4. The second-order valence-electron chi connectivity index (χ2n) is 7.30. The molecule has 1 amide bonds. The van der Waals surface area contributed by atoms with E-state index in [1.54, 1.807) is 6.33 Å². The number of amides is 1. The summed E-state index contributed by atoms with van der Waals surface area (Å²) in [6, 6.07) is 0.865. The van der Waals surface area contributed by atoms with Crippen LogP contribution in [0.4, 0.5) is 0 Å². The molecule has 3 N–H and O–H groups in total. The number of nitrogens with one attached hydrogen (secondary N) is 1. The Labute approximate surface area is 130 Å². The highest BCUT2D eigenvalue weighted by atomic mass is 16.1. The first kappa shape index (κ1) is 14.2. The van der Waals surface area contributed by atoms with Gasteiger partial charge in [0.15, 0.2) is 5.82 Å². The summed E-state index contributed by atoms with van der Waals surface area (Å²) in [6.45, 7) is 0.493. The maximum atomic E-state index is 12.5. The van der Waals surface area contributed by atoms with Crippen LogP contribution in [0, 0.1) is 17.8 Å². The van der Waals surface area contributed by atoms with Crippen molar-refractivity contribution in [3.63, 3.8) is 0 Å². The third kappa shape index (κ3) is 2.64. The summed E-state index contributed by atoms with van der Waals surface area (Å²) < 4.78 is 2.10. The van der Waals surface area contributed by atoms with Gasteiger partial charge in [0.25, 0.3) is 0 Å². The lowest BCUT2D eigenvalue weighted by molar-refractivity contribution is -0.128. The van der Waals surface area contributed by atoms with E-state index in [0.717, 1.165) is 18.7 Å². The lowest BCUT2D eigenvalue weighted by Gasteiger charge is -2.43. The minimum Gasteiger partial charge on any atom is -0.349 e. The van der Waals surface area contributed by atoms with E-state index in [-0.39, 0.29) is 11.8 Å². The molecule has 0 aliphatic heterocycles. The molecule has 6 heteroatoms. The van der Waals surface area contributed by atoms with Crippen molar-refractivity contribution in [1.29, 1.82) is 0 Å². The number of carbonyl (C=O) groups is 1. The molecule has 1 aromatic rings. The first-order valence-electron chi connectivity index (χ1n) is 8.64. The summed E-state index contributed by atoms with van der Waals surface area (Å²) in [5.41, 5.74) is 6.30. The van der Waals surface area contributed by atoms with Gasteiger partial charge in [0.1, 0.15) is 6.33 Å². The molecular formula is C16H25N5O. The molecular weight excluding hydrogens is 278 g/mol. The van der Waals surface area contributed by atoms with Crippen LogP contribution in [0.2, 0.25) is 0 Å². The molecule has 3 saturated carbocycles. The molecule has 1 heterocycles. The van der Waals surface area contributed by atoms with E-state index < -0.39 is 0 Å². The van der Waals surface area contributed by atoms with E-state index in [2.05, 4.69) is 20.1 Å². The molecule has 3 fully saturated rings. The van der Waals surface area contributed by atoms with E-state index in [9.17, 15) is 4.79 Å². The molecule has 3 aliphatic carbocycles. The van der Waals surface area contributed by atoms with Crippen LogP contribution in [0.1, 0.15) is 56.8 Å². The molecule has 22 heavy (non-hydrogen) atoms. The first-order chi connectivity index (χ1) is 10.7. The minimum absolute atomic E-state index is 0.132. The molecule has 2 atom stereocenters. The number of aromatic nitrogens is 3. The highest BCUT2D eigenvalue weighted by Gasteiger charge is 2.40. The van der Waals surface area contributed by atoms with Gasteiger partial charge in [-0.3, -0.25) is 4.79 Å². The van der Waals surface area contributed by atoms with Gasteiger partial charge in [-0.2, -0.15) is 0 Å². The van der Waals surface area contributed by atoms with Crippen molar-refractivity contribution in [3.05, 3.63) is 12.2 Å². The summed E-state index contributed by atoms with van der Waals surface area (Å²) >= 11 is 0. The van der Waals surface area contributed by atoms with Crippen molar-refractivity contribution in [3.8, 4) is 0 Å². The number of carbonyl (C=O) groups excluding carboxylic acids is 1. The summed E-state index contributed by atoms with van der Waals surface area (Å²) in [4.78, 5) is 12.5. The van der Waals surface area contributed by atoms with E-state index in [1.165, 1.54) is 32.1 Å². The third-order valence-corrected chi connectivity index (χ3v) is 5.79. The van der Waals surface area contributed by atoms with E-state index in [4.69, 9.17) is 5.73 Å². The van der Waals surface area contributed by atoms with Crippen LogP contribution in [0.5, 0.6) is 0 Å². The normalized spacial score (nSPS) is 34.4. The number of hydrogen-bond donors (Lipinski definition) is 2. The Morgan fingerprint density at radius 2 is 2.00 bits per heavy atom. The van der Waals surface area contributed by atoms with Crippen LogP contribution >= 0.6 is 0 Å². The van der Waals surface area contributed by atoms with Crippen molar-refractivity contribution < 1.29 is 4.79 Å². The molecule has 0 saturated heterocycles. The molecule has 1 aromatic heterocycles. The highest BCUT2D eigenvalue weighted by molar-refractivity contribution is 5.78. The third-order valence-electron chi connectivity index (χ3n) is 5.79. The predicted molar refractivity (Wildman–Crippen MR) is 81.7 cm³/mol. The lowest BCUT2D eigenvalue weighted by Crippen LogP contribution is -2.49. The monoisotopic (exact) mass is 303 g/mol. The van der Waals surface area contributed by atoms with Crippen LogP contribution < -0.4 is 11.1 Å². The predicted octanol–water partition coefficient (Wildman–Crippen LogP) is 1.38. The van der Waals surface area contributed by atoms with E-state index >= 15 is 0 Å². The van der Waals surface area contributed by atoms with Crippen LogP contribution in [0.3, 0.4) is 0 Å². The molecule has 6 nitrogen and oxygen atoms in total. The summed E-state index contributed by atoms with van der Waals surface area (Å²) in [7, 11) is 0. The Morgan fingerprint density at radius 3 is 2.68 bits per heavy atom. The van der Waals surface area contributed by atoms with Gasteiger partial charge in [-0.1, -0.05) is 6.42 Å². The summed E-state index contributed by atoms with van der Waals surface area (Å²) in [6.07, 6.45) is 9.75. The largest absolute Gasteiger partial charge is 0.349 e. The second-order valence-corrected chi connectivity index (χ2v) is 7.30. The molecule has 3 aliphatic rings. The van der Waals surface area contributed by atoms with Crippen LogP contribution in [-0.2, 0) is 11.3 Å². The Hall–Kier alpha value is -1.43. The molecule has 2 unspecified atom stereocenters. The molecule has 0 aromatic carbocycles. The lowest BCUT2D eigenvalue weighted by atomic mass is 9.65. The van der Waals surface area contributed by atoms with Gasteiger partial charge in [0.2, 0.25) is 5.91 Å². The van der Waals surface area contributed by atoms with Crippen LogP contribution in [-0.4, -0.2) is 26.7 Å². The molecule has 0 spiro atoms. The van der Waals surface area contributed by atoms with Crippen molar-refractivity contribution in [1.82, 2.24) is 20.1 Å². The van der Waals surface area contributed by atoms with Gasteiger partial charge >= 0.3 is 0 Å². The first-order valence-corrected chi connectivity index (χ1v) is 8.64. The van der Waals surface area contributed by atoms with Gasteiger partial charge in [-0.05, 0) is 50.4 Å². The number of hydrogen-bond acceptors (Lipinski definition) is 4. The smallest absolute Gasteiger partial charge is 0.223 e. The fourth-order valence-electron chi connectivity index (χ4n) is 4.36. The van der Waals surface area contributed by atoms with Gasteiger partial charge in [-0.15, -0.1) is 10.2 Å². The van der Waals surface area contributed by atoms with Crippen molar-refractivity contribution in [2.24, 2.45) is 23.5 Å². The number of nitrogens with two attached hydrogens (primary N) is 1. The fraction of sp³-hybridized carbons (Fsp3) is 0.812. The Bertz CT molecular complexity index is 538. The maximum absolute atomic E-state index is 12.5. The number of nitrogens with zero attached hydrogens (tertiary/aromatic N) is 3. The quantitative estimate of drug-likeness (QED) is 0.880. The second kappa shape index (κ2) is 5.65. The average molecular weight is 303 g/mol. The summed E-state index contributed by atoms with van der Waals surface area (Å²) in [5.74, 6) is 2.27. The SMILES string of the molecule is NC1C2CCCC1CC(C(=O)NCc1nncn1C1CC1)C2. The Morgan fingerprint density at radius 1 is 1.27 bits per heavy atom. The number of fused-ring (bicyclic) bond motifs is 2. The zero-order valence-corrected chi connectivity index (χ0v) is 12.9. The highest BCUT2D eigenvalue weighted by Crippen LogP contribution is 2.42. The van der Waals surface area contributed by atoms with Gasteiger partial charge < -0.3 is 15.6 Å². The molecule has 4 rings (SSSR count). The summed E-state index contributed by atoms with van der Waals surface area (Å²) in [5, 5.41) is 11.2. The maximum Gasteiger partial charge on any atom is 0.223 e. The van der Waals surface area contributed by atoms with Crippen molar-refractivity contribution in [2.45, 2.75) is 63.6 Å². The van der Waals surface area contributed by atoms with Crippen LogP contribution in [0.25, 0.3) is 0 Å². The van der Waals surface area contributed by atoms with E-state index in [1.807, 2.05) is 0 Å². The fourth-order valence-corrected chi connectivity index (χ4v) is 4.36. The van der Waals surface area contributed by atoms with Crippen molar-refractivity contribution >= 4 is 5.91 Å². The van der Waals surface area contributed by atoms with Gasteiger partial charge in [-0.25, -0.2) is 0 Å². The molecule has 120 valence electrons. The van der Waals surface area contributed by atoms with Crippen molar-refractivity contribution in [2.75, 3.05) is 0 Å². The van der Waals surface area contributed by atoms with Crippen LogP contribution in [0.15, 0.2) is 6.33 Å². The Kier molecular flexibility index (Phi) is 3.64. The van der Waals surface area contributed by atoms with Gasteiger partial charge in [0, 0.05) is 18.0 Å². The molecule has 2 bridgehead atoms. The molecule has 0 radical (unpaired) electrons. The zero-order chi connectivity index (χ0) is 15.1. The average Bonchev–Trinajstić information content (AvgIpc) is 3.23. The zero-order valence-electron chi connectivity index (χ0n) is 12.9. The van der Waals surface area contributed by atoms with E-state index in [0.29, 0.717) is 30.5 Å². The standard InChI is InChI=1S/C16H25N5O/c17-15-10-2-1-3-11(15)7-12(6-10)16(22)18-8-14-20-19-9-21(14)13-4-5-13/h9-13,15H,1-8,17H2,(H,18,22). The Balaban J connectivity index is 1.35. The topological polar surface area (TPSA) is 85.8 Å². The minimum atomic E-state index is 0.132.